The average molecular weight is 573 g/mol. The van der Waals surface area contributed by atoms with Gasteiger partial charge in [-0.1, -0.05) is 30.3 Å². The number of nitrogens with two attached hydrogens (primary N) is 1. The van der Waals surface area contributed by atoms with Crippen molar-refractivity contribution in [1.29, 1.82) is 0 Å². The van der Waals surface area contributed by atoms with Crippen LogP contribution in [0.15, 0.2) is 60.7 Å². The number of carbonyl (C=O) groups excluding carboxylic acids is 1. The van der Waals surface area contributed by atoms with E-state index >= 15 is 0 Å². The van der Waals surface area contributed by atoms with Crippen LogP contribution < -0.4 is 20.3 Å². The number of rotatable bonds is 14. The van der Waals surface area contributed by atoms with Gasteiger partial charge in [0.2, 0.25) is 0 Å². The van der Waals surface area contributed by atoms with Gasteiger partial charge in [-0.05, 0) is 51.5 Å². The number of nitrogens with zero attached hydrogens (tertiary/aromatic N) is 3. The molecular weight excluding hydrogens is 528 g/mol. The van der Waals surface area contributed by atoms with Crippen molar-refractivity contribution in [3.05, 3.63) is 82.9 Å². The monoisotopic (exact) mass is 572 g/mol. The molecular formula is C34H44N4O4. The second-order valence-electron chi connectivity index (χ2n) is 10.5. The Balaban J connectivity index is 1.65. The summed E-state index contributed by atoms with van der Waals surface area (Å²) in [6.07, 6.45) is 0. The van der Waals surface area contributed by atoms with Gasteiger partial charge in [-0.3, -0.25) is 4.79 Å². The first kappa shape index (κ1) is 29.9. The van der Waals surface area contributed by atoms with Crippen LogP contribution in [0.4, 0.5) is 11.4 Å². The smallest absolute Gasteiger partial charge is 0.255 e. The summed E-state index contributed by atoms with van der Waals surface area (Å²) in [5.41, 5.74) is 10.5. The third-order valence-corrected chi connectivity index (χ3v) is 8.48. The predicted octanol–water partition coefficient (Wildman–Crippen LogP) is 5.22. The fourth-order valence-electron chi connectivity index (χ4n) is 6.46. The van der Waals surface area contributed by atoms with Gasteiger partial charge in [-0.25, -0.2) is 0 Å². The molecule has 224 valence electrons. The van der Waals surface area contributed by atoms with Gasteiger partial charge in [-0.2, -0.15) is 0 Å². The summed E-state index contributed by atoms with van der Waals surface area (Å²) in [4.78, 5) is 20.8. The van der Waals surface area contributed by atoms with Gasteiger partial charge in [0.25, 0.3) is 5.91 Å². The Bertz CT molecular complexity index is 1320. The van der Waals surface area contributed by atoms with Crippen LogP contribution in [0.3, 0.4) is 0 Å². The lowest BCUT2D eigenvalue weighted by molar-refractivity contribution is 0.0298. The molecule has 0 radical (unpaired) electrons. The molecule has 0 atom stereocenters. The number of benzene rings is 3. The fraction of sp³-hybridized carbons (Fsp3) is 0.441. The number of hydrogen-bond acceptors (Lipinski definition) is 7. The van der Waals surface area contributed by atoms with E-state index in [1.165, 1.54) is 0 Å². The predicted molar refractivity (Wildman–Crippen MR) is 168 cm³/mol. The standard InChI is InChI=1S/C34H44N4O4/c1-5-36(6-2)25-13-15-29-31(23-25)42-32-24-26(37(7-3)8-4)14-16-30(32)34(29)28-12-10-9-11-27(28)33(39)38(34)18-20-41-22-21-40-19-17-35/h9-16,23-24H,5-8,17-22,35H2,1-4H3. The van der Waals surface area contributed by atoms with Crippen LogP contribution >= 0.6 is 0 Å². The summed E-state index contributed by atoms with van der Waals surface area (Å²) in [5.74, 6) is 1.54. The highest BCUT2D eigenvalue weighted by atomic mass is 16.5. The Morgan fingerprint density at radius 3 is 1.83 bits per heavy atom. The largest absolute Gasteiger partial charge is 0.456 e. The van der Waals surface area contributed by atoms with Crippen LogP contribution in [0.25, 0.3) is 0 Å². The lowest BCUT2D eigenvalue weighted by atomic mass is 9.74. The van der Waals surface area contributed by atoms with Crippen LogP contribution in [-0.4, -0.2) is 76.5 Å². The molecule has 0 saturated heterocycles. The van der Waals surface area contributed by atoms with Crippen molar-refractivity contribution in [3.63, 3.8) is 0 Å². The first-order chi connectivity index (χ1) is 20.5. The number of carbonyl (C=O) groups is 1. The van der Waals surface area contributed by atoms with E-state index in [-0.39, 0.29) is 5.91 Å². The molecule has 0 aromatic heterocycles. The summed E-state index contributed by atoms with van der Waals surface area (Å²) >= 11 is 0. The van der Waals surface area contributed by atoms with E-state index in [0.29, 0.717) is 45.1 Å². The molecule has 3 aromatic carbocycles. The fourth-order valence-corrected chi connectivity index (χ4v) is 6.46. The van der Waals surface area contributed by atoms with E-state index in [4.69, 9.17) is 19.9 Å². The summed E-state index contributed by atoms with van der Waals surface area (Å²) in [6.45, 7) is 14.9. The van der Waals surface area contributed by atoms with E-state index < -0.39 is 5.54 Å². The Hall–Kier alpha value is -3.59. The van der Waals surface area contributed by atoms with Gasteiger partial charge in [0.15, 0.2) is 0 Å². The molecule has 0 bridgehead atoms. The SMILES string of the molecule is CCN(CC)c1ccc2c(c1)Oc1cc(N(CC)CC)ccc1C21c2ccccc2C(=O)N1CCOCCOCCN. The average Bonchev–Trinajstić information content (AvgIpc) is 3.26. The van der Waals surface area contributed by atoms with Gasteiger partial charge >= 0.3 is 0 Å². The molecule has 2 aliphatic rings. The minimum absolute atomic E-state index is 0.00646. The number of anilines is 2. The summed E-state index contributed by atoms with van der Waals surface area (Å²) in [5, 5.41) is 0. The van der Waals surface area contributed by atoms with Crippen molar-refractivity contribution >= 4 is 17.3 Å². The quantitative estimate of drug-likeness (QED) is 0.265. The number of amides is 1. The Labute approximate surface area is 249 Å². The maximum Gasteiger partial charge on any atom is 0.255 e. The van der Waals surface area contributed by atoms with Crippen molar-refractivity contribution in [1.82, 2.24) is 4.90 Å². The third kappa shape index (κ3) is 5.12. The number of fused-ring (bicyclic) bond motifs is 6. The zero-order chi connectivity index (χ0) is 29.7. The summed E-state index contributed by atoms with van der Waals surface area (Å²) in [7, 11) is 0. The molecule has 1 amide bonds. The van der Waals surface area contributed by atoms with Crippen LogP contribution in [0.2, 0.25) is 0 Å². The molecule has 3 aromatic rings. The third-order valence-electron chi connectivity index (χ3n) is 8.48. The maximum absolute atomic E-state index is 14.2. The summed E-state index contributed by atoms with van der Waals surface area (Å²) in [6, 6.07) is 20.8. The normalized spacial score (nSPS) is 14.4. The van der Waals surface area contributed by atoms with Gasteiger partial charge in [-0.15, -0.1) is 0 Å². The first-order valence-electron chi connectivity index (χ1n) is 15.3. The highest BCUT2D eigenvalue weighted by molar-refractivity contribution is 6.02. The molecule has 2 aliphatic heterocycles. The van der Waals surface area contributed by atoms with E-state index in [1.807, 2.05) is 23.1 Å². The molecule has 42 heavy (non-hydrogen) atoms. The maximum atomic E-state index is 14.2. The molecule has 0 aliphatic carbocycles. The lowest BCUT2D eigenvalue weighted by Gasteiger charge is -2.44. The minimum Gasteiger partial charge on any atom is -0.456 e. The molecule has 2 heterocycles. The molecule has 8 nitrogen and oxygen atoms in total. The highest BCUT2D eigenvalue weighted by Gasteiger charge is 2.56. The molecule has 8 heteroatoms. The van der Waals surface area contributed by atoms with Gasteiger partial charge in [0, 0.05) is 79.5 Å². The number of hydrogen-bond donors (Lipinski definition) is 1. The van der Waals surface area contributed by atoms with E-state index in [1.54, 1.807) is 0 Å². The summed E-state index contributed by atoms with van der Waals surface area (Å²) < 4.78 is 18.2. The van der Waals surface area contributed by atoms with Crippen LogP contribution in [-0.2, 0) is 15.0 Å². The van der Waals surface area contributed by atoms with Crippen molar-refractivity contribution in [2.24, 2.45) is 5.73 Å². The molecule has 0 fully saturated rings. The van der Waals surface area contributed by atoms with E-state index in [9.17, 15) is 4.79 Å². The molecule has 0 saturated carbocycles. The zero-order valence-corrected chi connectivity index (χ0v) is 25.4. The zero-order valence-electron chi connectivity index (χ0n) is 25.4. The first-order valence-corrected chi connectivity index (χ1v) is 15.3. The van der Waals surface area contributed by atoms with Crippen molar-refractivity contribution in [2.45, 2.75) is 33.2 Å². The van der Waals surface area contributed by atoms with Crippen molar-refractivity contribution in [2.75, 3.05) is 75.5 Å². The molecule has 0 unspecified atom stereocenters. The Morgan fingerprint density at radius 1 is 0.738 bits per heavy atom. The molecule has 2 N–H and O–H groups in total. The second kappa shape index (κ2) is 13.2. The van der Waals surface area contributed by atoms with Gasteiger partial charge in [0.1, 0.15) is 17.0 Å². The van der Waals surface area contributed by atoms with Crippen LogP contribution in [0.5, 0.6) is 11.5 Å². The Morgan fingerprint density at radius 2 is 1.29 bits per heavy atom. The van der Waals surface area contributed by atoms with E-state index in [0.717, 1.165) is 65.7 Å². The van der Waals surface area contributed by atoms with E-state index in [2.05, 4.69) is 80.0 Å². The second-order valence-corrected chi connectivity index (χ2v) is 10.5. The minimum atomic E-state index is -0.848. The van der Waals surface area contributed by atoms with Gasteiger partial charge < -0.3 is 34.6 Å². The van der Waals surface area contributed by atoms with Gasteiger partial charge in [0.05, 0.1) is 26.4 Å². The topological polar surface area (TPSA) is 80.5 Å². The lowest BCUT2D eigenvalue weighted by Crippen LogP contribution is -2.48. The highest BCUT2D eigenvalue weighted by Crippen LogP contribution is 2.58. The van der Waals surface area contributed by atoms with Crippen LogP contribution in [0, 0.1) is 0 Å². The van der Waals surface area contributed by atoms with Crippen molar-refractivity contribution < 1.29 is 19.0 Å². The van der Waals surface area contributed by atoms with Crippen LogP contribution in [0.1, 0.15) is 54.7 Å². The molecule has 1 spiro atoms. The Kier molecular flexibility index (Phi) is 9.36. The number of ether oxygens (including phenoxy) is 3. The van der Waals surface area contributed by atoms with Crippen molar-refractivity contribution in [3.8, 4) is 11.5 Å². The molecule has 5 rings (SSSR count).